The van der Waals surface area contributed by atoms with Crippen molar-refractivity contribution in [2.75, 3.05) is 26.2 Å². The Bertz CT molecular complexity index is 449. The molecular formula is C18H29NO2. The van der Waals surface area contributed by atoms with Crippen molar-refractivity contribution < 1.29 is 9.47 Å². The van der Waals surface area contributed by atoms with Gasteiger partial charge in [0.15, 0.2) is 0 Å². The van der Waals surface area contributed by atoms with Crippen molar-refractivity contribution >= 4 is 0 Å². The fourth-order valence-corrected chi connectivity index (χ4v) is 2.88. The number of rotatable bonds is 5. The first-order valence-corrected chi connectivity index (χ1v) is 8.07. The van der Waals surface area contributed by atoms with E-state index in [2.05, 4.69) is 57.7 Å². The van der Waals surface area contributed by atoms with E-state index >= 15 is 0 Å². The molecule has 2 atom stereocenters. The van der Waals surface area contributed by atoms with E-state index in [4.69, 9.17) is 9.47 Å². The Morgan fingerprint density at radius 2 is 1.90 bits per heavy atom. The molecule has 0 aliphatic carbocycles. The van der Waals surface area contributed by atoms with Gasteiger partial charge in [0.25, 0.3) is 0 Å². The Balaban J connectivity index is 1.87. The van der Waals surface area contributed by atoms with Crippen molar-refractivity contribution in [1.29, 1.82) is 0 Å². The van der Waals surface area contributed by atoms with Gasteiger partial charge in [0.05, 0.1) is 12.2 Å². The van der Waals surface area contributed by atoms with Crippen LogP contribution in [0, 0.1) is 6.92 Å². The number of hydrogen-bond donors (Lipinski definition) is 0. The fourth-order valence-electron chi connectivity index (χ4n) is 2.88. The van der Waals surface area contributed by atoms with Gasteiger partial charge in [0.1, 0.15) is 12.4 Å². The van der Waals surface area contributed by atoms with Gasteiger partial charge in [0, 0.05) is 19.6 Å². The lowest BCUT2D eigenvalue weighted by atomic mass is 10.0. The number of nitrogens with zero attached hydrogens (tertiary/aromatic N) is 1. The highest BCUT2D eigenvalue weighted by Crippen LogP contribution is 2.24. The maximum Gasteiger partial charge on any atom is 0.122 e. The quantitative estimate of drug-likeness (QED) is 0.827. The Morgan fingerprint density at radius 3 is 2.52 bits per heavy atom. The second-order valence-electron chi connectivity index (χ2n) is 6.54. The maximum absolute atomic E-state index is 6.02. The van der Waals surface area contributed by atoms with Crippen molar-refractivity contribution in [2.45, 2.75) is 52.7 Å². The lowest BCUT2D eigenvalue weighted by Gasteiger charge is -2.35. The summed E-state index contributed by atoms with van der Waals surface area (Å²) in [5.74, 6) is 1.56. The minimum Gasteiger partial charge on any atom is -0.492 e. The second kappa shape index (κ2) is 7.28. The van der Waals surface area contributed by atoms with E-state index in [0.717, 1.165) is 32.0 Å². The molecule has 3 nitrogen and oxygen atoms in total. The predicted molar refractivity (Wildman–Crippen MR) is 87.2 cm³/mol. The van der Waals surface area contributed by atoms with Crippen LogP contribution in [0.1, 0.15) is 44.7 Å². The molecular weight excluding hydrogens is 262 g/mol. The van der Waals surface area contributed by atoms with E-state index < -0.39 is 0 Å². The molecule has 1 aliphatic heterocycles. The first-order valence-electron chi connectivity index (χ1n) is 8.07. The first kappa shape index (κ1) is 16.3. The molecule has 2 rings (SSSR count). The molecule has 0 unspecified atom stereocenters. The van der Waals surface area contributed by atoms with E-state index in [1.165, 1.54) is 11.1 Å². The van der Waals surface area contributed by atoms with Crippen LogP contribution in [0.2, 0.25) is 0 Å². The lowest BCUT2D eigenvalue weighted by Crippen LogP contribution is -2.46. The summed E-state index contributed by atoms with van der Waals surface area (Å²) in [5.41, 5.74) is 2.55. The number of hydrogen-bond acceptors (Lipinski definition) is 3. The molecule has 0 saturated carbocycles. The van der Waals surface area contributed by atoms with Crippen LogP contribution in [0.15, 0.2) is 18.2 Å². The average molecular weight is 291 g/mol. The SMILES string of the molecule is Cc1ccc(C(C)C)cc1OCCN1C[C@@H](C)O[C@H](C)C1. The molecule has 118 valence electrons. The average Bonchev–Trinajstić information content (AvgIpc) is 2.39. The Kier molecular flexibility index (Phi) is 5.65. The van der Waals surface area contributed by atoms with Crippen molar-refractivity contribution in [3.63, 3.8) is 0 Å². The monoisotopic (exact) mass is 291 g/mol. The summed E-state index contributed by atoms with van der Waals surface area (Å²) in [6.07, 6.45) is 0.638. The number of ether oxygens (including phenoxy) is 2. The Morgan fingerprint density at radius 1 is 1.24 bits per heavy atom. The molecule has 0 N–H and O–H groups in total. The molecule has 21 heavy (non-hydrogen) atoms. The highest BCUT2D eigenvalue weighted by atomic mass is 16.5. The van der Waals surface area contributed by atoms with Crippen LogP contribution in [0.4, 0.5) is 0 Å². The minimum absolute atomic E-state index is 0.319. The van der Waals surface area contributed by atoms with Gasteiger partial charge in [0.2, 0.25) is 0 Å². The number of aryl methyl sites for hydroxylation is 1. The first-order chi connectivity index (χ1) is 9.95. The molecule has 3 heteroatoms. The highest BCUT2D eigenvalue weighted by Gasteiger charge is 2.21. The molecule has 1 heterocycles. The van der Waals surface area contributed by atoms with Gasteiger partial charge in [-0.2, -0.15) is 0 Å². The van der Waals surface area contributed by atoms with E-state index in [1.807, 2.05) is 0 Å². The summed E-state index contributed by atoms with van der Waals surface area (Å²) in [4.78, 5) is 2.43. The van der Waals surface area contributed by atoms with Gasteiger partial charge < -0.3 is 9.47 Å². The van der Waals surface area contributed by atoms with E-state index in [-0.39, 0.29) is 0 Å². The fraction of sp³-hybridized carbons (Fsp3) is 0.667. The zero-order chi connectivity index (χ0) is 15.4. The molecule has 0 radical (unpaired) electrons. The van der Waals surface area contributed by atoms with E-state index in [0.29, 0.717) is 18.1 Å². The van der Waals surface area contributed by atoms with Crippen LogP contribution in [-0.4, -0.2) is 43.3 Å². The van der Waals surface area contributed by atoms with Crippen molar-refractivity contribution in [3.05, 3.63) is 29.3 Å². The molecule has 1 aromatic carbocycles. The number of benzene rings is 1. The summed E-state index contributed by atoms with van der Waals surface area (Å²) in [6, 6.07) is 6.53. The molecule has 1 aliphatic rings. The van der Waals surface area contributed by atoms with E-state index in [9.17, 15) is 0 Å². The van der Waals surface area contributed by atoms with Crippen LogP contribution in [0.3, 0.4) is 0 Å². The second-order valence-corrected chi connectivity index (χ2v) is 6.54. The van der Waals surface area contributed by atoms with Crippen molar-refractivity contribution in [1.82, 2.24) is 4.90 Å². The molecule has 1 aromatic rings. The minimum atomic E-state index is 0.319. The normalized spacial score (nSPS) is 23.5. The van der Waals surface area contributed by atoms with Crippen LogP contribution < -0.4 is 4.74 Å². The summed E-state index contributed by atoms with van der Waals surface area (Å²) >= 11 is 0. The predicted octanol–water partition coefficient (Wildman–Crippen LogP) is 3.61. The van der Waals surface area contributed by atoms with Crippen molar-refractivity contribution in [3.8, 4) is 5.75 Å². The zero-order valence-corrected chi connectivity index (χ0v) is 14.1. The maximum atomic E-state index is 6.02. The van der Waals surface area contributed by atoms with Crippen LogP contribution in [0.25, 0.3) is 0 Å². The summed E-state index contributed by atoms with van der Waals surface area (Å²) in [6.45, 7) is 14.5. The largest absolute Gasteiger partial charge is 0.492 e. The van der Waals surface area contributed by atoms with Gasteiger partial charge >= 0.3 is 0 Å². The molecule has 0 aromatic heterocycles. The zero-order valence-electron chi connectivity index (χ0n) is 14.1. The standard InChI is InChI=1S/C18H29NO2/c1-13(2)17-7-6-14(3)18(10-17)20-9-8-19-11-15(4)21-16(5)12-19/h6-7,10,13,15-16H,8-9,11-12H2,1-5H3/t15-,16-/m1/s1. The summed E-state index contributed by atoms with van der Waals surface area (Å²) in [5, 5.41) is 0. The highest BCUT2D eigenvalue weighted by molar-refractivity contribution is 5.37. The third-order valence-corrected chi connectivity index (χ3v) is 4.04. The van der Waals surface area contributed by atoms with Gasteiger partial charge in [-0.05, 0) is 43.9 Å². The molecule has 0 bridgehead atoms. The lowest BCUT2D eigenvalue weighted by molar-refractivity contribution is -0.0699. The van der Waals surface area contributed by atoms with Crippen LogP contribution >= 0.6 is 0 Å². The molecule has 0 spiro atoms. The summed E-state index contributed by atoms with van der Waals surface area (Å²) < 4.78 is 11.8. The number of morpholine rings is 1. The third-order valence-electron chi connectivity index (χ3n) is 4.04. The summed E-state index contributed by atoms with van der Waals surface area (Å²) in [7, 11) is 0. The van der Waals surface area contributed by atoms with Gasteiger partial charge in [-0.25, -0.2) is 0 Å². The van der Waals surface area contributed by atoms with E-state index in [1.54, 1.807) is 0 Å². The Labute approximate surface area is 129 Å². The van der Waals surface area contributed by atoms with Gasteiger partial charge in [-0.1, -0.05) is 26.0 Å². The topological polar surface area (TPSA) is 21.7 Å². The van der Waals surface area contributed by atoms with Gasteiger partial charge in [-0.3, -0.25) is 4.90 Å². The van der Waals surface area contributed by atoms with Crippen molar-refractivity contribution in [2.24, 2.45) is 0 Å². The smallest absolute Gasteiger partial charge is 0.122 e. The van der Waals surface area contributed by atoms with Crippen LogP contribution in [0.5, 0.6) is 5.75 Å². The molecule has 1 fully saturated rings. The van der Waals surface area contributed by atoms with Gasteiger partial charge in [-0.15, -0.1) is 0 Å². The molecule has 0 amide bonds. The van der Waals surface area contributed by atoms with Crippen LogP contribution in [-0.2, 0) is 4.74 Å². The molecule has 1 saturated heterocycles. The third kappa shape index (κ3) is 4.72. The Hall–Kier alpha value is -1.06.